The summed E-state index contributed by atoms with van der Waals surface area (Å²) in [5.41, 5.74) is -0.671. The third-order valence-electron chi connectivity index (χ3n) is 6.77. The van der Waals surface area contributed by atoms with Crippen molar-refractivity contribution in [2.24, 2.45) is 5.41 Å². The smallest absolute Gasteiger partial charge is 0.408 e. The number of carbonyl (C=O) groups excluding carboxylic acids is 2. The number of hydrogen-bond acceptors (Lipinski definition) is 6. The van der Waals surface area contributed by atoms with Crippen LogP contribution in [0.4, 0.5) is 4.79 Å². The molecular formula is C22H37ClN2O6. The molecule has 3 aliphatic rings. The summed E-state index contributed by atoms with van der Waals surface area (Å²) >= 11 is 6.55. The van der Waals surface area contributed by atoms with Crippen molar-refractivity contribution in [2.45, 2.75) is 94.8 Å². The Kier molecular flexibility index (Phi) is 7.16. The van der Waals surface area contributed by atoms with Crippen molar-refractivity contribution in [3.8, 4) is 0 Å². The predicted octanol–water partition coefficient (Wildman–Crippen LogP) is 3.06. The lowest BCUT2D eigenvalue weighted by molar-refractivity contribution is -0.227. The molecule has 2 amide bonds. The lowest BCUT2D eigenvalue weighted by Gasteiger charge is -2.38. The third kappa shape index (κ3) is 5.13. The molecule has 31 heavy (non-hydrogen) atoms. The molecule has 4 atom stereocenters. The minimum Gasteiger partial charge on any atom is -0.444 e. The lowest BCUT2D eigenvalue weighted by atomic mass is 9.81. The predicted molar refractivity (Wildman–Crippen MR) is 116 cm³/mol. The van der Waals surface area contributed by atoms with Crippen LogP contribution in [0.3, 0.4) is 0 Å². The molecular weight excluding hydrogens is 424 g/mol. The third-order valence-corrected chi connectivity index (χ3v) is 7.16. The number of hydrogen-bond donors (Lipinski definition) is 1. The number of methoxy groups -OCH3 is 2. The standard InChI is InChI=1S/C22H37ClN2O6/c1-20(2,3)31-19(27)24-15(11-21(4)9-7-8-10-21)18(26)25-12-14(23)16-17(25)22(28-5,29-6)13-30-16/h14-17H,7-13H2,1-6H3,(H,24,27)/t14-,15-,16+,17-/m0/s1. The van der Waals surface area contributed by atoms with Crippen LogP contribution >= 0.6 is 11.6 Å². The number of halogens is 1. The van der Waals surface area contributed by atoms with Crippen LogP contribution in [0.1, 0.15) is 59.8 Å². The van der Waals surface area contributed by atoms with E-state index >= 15 is 0 Å². The minimum atomic E-state index is -1.09. The van der Waals surface area contributed by atoms with E-state index in [0.717, 1.165) is 25.7 Å². The largest absolute Gasteiger partial charge is 0.444 e. The van der Waals surface area contributed by atoms with Gasteiger partial charge >= 0.3 is 6.09 Å². The summed E-state index contributed by atoms with van der Waals surface area (Å²) in [4.78, 5) is 28.1. The maximum absolute atomic E-state index is 13.8. The maximum atomic E-state index is 13.8. The Morgan fingerprint density at radius 3 is 2.39 bits per heavy atom. The first kappa shape index (κ1) is 24.6. The molecule has 0 aromatic carbocycles. The highest BCUT2D eigenvalue weighted by atomic mass is 35.5. The number of alkyl carbamates (subject to hydrolysis) is 1. The van der Waals surface area contributed by atoms with E-state index in [4.69, 9.17) is 30.5 Å². The van der Waals surface area contributed by atoms with Crippen molar-refractivity contribution < 1.29 is 28.5 Å². The molecule has 8 nitrogen and oxygen atoms in total. The van der Waals surface area contributed by atoms with Crippen molar-refractivity contribution >= 4 is 23.6 Å². The van der Waals surface area contributed by atoms with Crippen LogP contribution in [0.2, 0.25) is 0 Å². The molecule has 1 N–H and O–H groups in total. The van der Waals surface area contributed by atoms with Gasteiger partial charge < -0.3 is 29.2 Å². The number of ether oxygens (including phenoxy) is 4. The van der Waals surface area contributed by atoms with Crippen LogP contribution in [0.25, 0.3) is 0 Å². The number of alkyl halides is 1. The van der Waals surface area contributed by atoms with Crippen LogP contribution in [0.5, 0.6) is 0 Å². The van der Waals surface area contributed by atoms with Gasteiger partial charge in [0.25, 0.3) is 0 Å². The molecule has 3 rings (SSSR count). The van der Waals surface area contributed by atoms with Crippen LogP contribution in [0.15, 0.2) is 0 Å². The zero-order valence-corrected chi connectivity index (χ0v) is 20.3. The van der Waals surface area contributed by atoms with Gasteiger partial charge in [0.2, 0.25) is 11.7 Å². The van der Waals surface area contributed by atoms with E-state index in [2.05, 4.69) is 12.2 Å². The maximum Gasteiger partial charge on any atom is 0.408 e. The number of likely N-dealkylation sites (tertiary alicyclic amines) is 1. The van der Waals surface area contributed by atoms with Crippen molar-refractivity contribution in [1.82, 2.24) is 10.2 Å². The van der Waals surface area contributed by atoms with Crippen molar-refractivity contribution in [1.29, 1.82) is 0 Å². The molecule has 2 aliphatic heterocycles. The average Bonchev–Trinajstić information content (AvgIpc) is 3.35. The summed E-state index contributed by atoms with van der Waals surface area (Å²) < 4.78 is 22.6. The fourth-order valence-corrected chi connectivity index (χ4v) is 5.57. The topological polar surface area (TPSA) is 86.3 Å². The lowest BCUT2D eigenvalue weighted by Crippen LogP contribution is -2.59. The first-order chi connectivity index (χ1) is 14.4. The fraction of sp³-hybridized carbons (Fsp3) is 0.909. The van der Waals surface area contributed by atoms with Crippen LogP contribution in [-0.4, -0.2) is 79.2 Å². The van der Waals surface area contributed by atoms with Crippen LogP contribution in [-0.2, 0) is 23.7 Å². The molecule has 0 bridgehead atoms. The normalized spacial score (nSPS) is 30.2. The Morgan fingerprint density at radius 2 is 1.84 bits per heavy atom. The molecule has 2 heterocycles. The molecule has 178 valence electrons. The van der Waals surface area contributed by atoms with Gasteiger partial charge in [-0.15, -0.1) is 11.6 Å². The Hall–Kier alpha value is -1.09. The van der Waals surface area contributed by atoms with Gasteiger partial charge in [0.15, 0.2) is 0 Å². The summed E-state index contributed by atoms with van der Waals surface area (Å²) in [7, 11) is 3.07. The summed E-state index contributed by atoms with van der Waals surface area (Å²) in [5, 5.41) is 2.46. The van der Waals surface area contributed by atoms with Gasteiger partial charge in [-0.05, 0) is 45.4 Å². The number of nitrogens with one attached hydrogen (secondary N) is 1. The molecule has 2 saturated heterocycles. The molecule has 1 aliphatic carbocycles. The van der Waals surface area contributed by atoms with Crippen LogP contribution in [0, 0.1) is 5.41 Å². The second kappa shape index (κ2) is 9.04. The van der Waals surface area contributed by atoms with Gasteiger partial charge in [-0.25, -0.2) is 4.79 Å². The van der Waals surface area contributed by atoms with Gasteiger partial charge in [-0.1, -0.05) is 19.8 Å². The highest BCUT2D eigenvalue weighted by molar-refractivity contribution is 6.21. The SMILES string of the molecule is COC1(OC)CO[C@H]2[C@@H]1N(C(=O)[C@H](CC1(C)CCCC1)NC(=O)OC(C)(C)C)C[C@@H]2Cl. The Bertz CT molecular complexity index is 671. The quantitative estimate of drug-likeness (QED) is 0.484. The van der Waals surface area contributed by atoms with Crippen molar-refractivity contribution in [3.05, 3.63) is 0 Å². The second-order valence-corrected chi connectivity index (χ2v) is 10.9. The Morgan fingerprint density at radius 1 is 1.23 bits per heavy atom. The molecule has 0 aromatic rings. The summed E-state index contributed by atoms with van der Waals surface area (Å²) in [6.45, 7) is 8.06. The molecule has 0 aromatic heterocycles. The van der Waals surface area contributed by atoms with E-state index in [-0.39, 0.29) is 23.3 Å². The number of carbonyl (C=O) groups is 2. The van der Waals surface area contributed by atoms with E-state index in [0.29, 0.717) is 13.0 Å². The van der Waals surface area contributed by atoms with Gasteiger partial charge in [0.1, 0.15) is 30.4 Å². The van der Waals surface area contributed by atoms with Gasteiger partial charge in [-0.3, -0.25) is 4.79 Å². The Labute approximate surface area is 190 Å². The van der Waals surface area contributed by atoms with Crippen molar-refractivity contribution in [2.75, 3.05) is 27.4 Å². The van der Waals surface area contributed by atoms with Gasteiger partial charge in [-0.2, -0.15) is 0 Å². The number of fused-ring (bicyclic) bond motifs is 1. The minimum absolute atomic E-state index is 0.0133. The highest BCUT2D eigenvalue weighted by Gasteiger charge is 2.61. The number of amides is 2. The van der Waals surface area contributed by atoms with Gasteiger partial charge in [0, 0.05) is 20.8 Å². The van der Waals surface area contributed by atoms with E-state index in [9.17, 15) is 9.59 Å². The second-order valence-electron chi connectivity index (χ2n) is 10.4. The van der Waals surface area contributed by atoms with Gasteiger partial charge in [0.05, 0.1) is 5.38 Å². The first-order valence-electron chi connectivity index (χ1n) is 11.1. The summed E-state index contributed by atoms with van der Waals surface area (Å²) in [6.07, 6.45) is 3.87. The van der Waals surface area contributed by atoms with E-state index in [1.54, 1.807) is 25.7 Å². The summed E-state index contributed by atoms with van der Waals surface area (Å²) in [5.74, 6) is -1.29. The molecule has 0 unspecified atom stereocenters. The van der Waals surface area contributed by atoms with E-state index in [1.165, 1.54) is 14.2 Å². The van der Waals surface area contributed by atoms with E-state index in [1.807, 2.05) is 0 Å². The van der Waals surface area contributed by atoms with Crippen molar-refractivity contribution in [3.63, 3.8) is 0 Å². The molecule has 0 radical (unpaired) electrons. The number of rotatable bonds is 6. The Balaban J connectivity index is 1.85. The first-order valence-corrected chi connectivity index (χ1v) is 11.5. The van der Waals surface area contributed by atoms with E-state index < -0.39 is 35.7 Å². The highest BCUT2D eigenvalue weighted by Crippen LogP contribution is 2.44. The number of nitrogens with zero attached hydrogens (tertiary/aromatic N) is 1. The zero-order valence-electron chi connectivity index (χ0n) is 19.5. The molecule has 0 spiro atoms. The zero-order chi connectivity index (χ0) is 23.0. The summed E-state index contributed by atoms with van der Waals surface area (Å²) in [6, 6.07) is -1.22. The molecule has 1 saturated carbocycles. The monoisotopic (exact) mass is 460 g/mol. The van der Waals surface area contributed by atoms with Crippen LogP contribution < -0.4 is 5.32 Å². The molecule has 9 heteroatoms. The average molecular weight is 461 g/mol. The fourth-order valence-electron chi connectivity index (χ4n) is 5.21. The molecule has 3 fully saturated rings.